The summed E-state index contributed by atoms with van der Waals surface area (Å²) in [6.07, 6.45) is 0. The Hall–Kier alpha value is -6.90. The molecule has 1 heterocycles. The van der Waals surface area contributed by atoms with Crippen LogP contribution in [-0.2, 0) is 20.8 Å². The van der Waals surface area contributed by atoms with Crippen LogP contribution >= 0.6 is 17.0 Å². The van der Waals surface area contributed by atoms with Crippen LogP contribution in [0.2, 0.25) is 0 Å². The van der Waals surface area contributed by atoms with Gasteiger partial charge in [-0.2, -0.15) is 41.6 Å². The van der Waals surface area contributed by atoms with Gasteiger partial charge in [-0.15, -0.1) is 62.5 Å². The third kappa shape index (κ3) is 11.6. The Bertz CT molecular complexity index is 3580. The number of halogens is 2. The Kier molecular flexibility index (Phi) is 17.2. The Morgan fingerprint density at radius 3 is 1.12 bits per heavy atom. The molecule has 370 valence electrons. The molecule has 0 N–H and O–H groups in total. The smallest absolute Gasteiger partial charge is 0.0920 e. The van der Waals surface area contributed by atoms with Crippen molar-refractivity contribution in [2.45, 2.75) is 39.5 Å². The third-order valence-electron chi connectivity index (χ3n) is 14.2. The van der Waals surface area contributed by atoms with Crippen molar-refractivity contribution in [3.05, 3.63) is 278 Å². The Balaban J connectivity index is 0.000000135. The van der Waals surface area contributed by atoms with E-state index in [1.807, 2.05) is 6.07 Å². The van der Waals surface area contributed by atoms with Gasteiger partial charge in [0.05, 0.1) is 9.52 Å². The fourth-order valence-electron chi connectivity index (χ4n) is 10.4. The normalized spacial score (nSPS) is 11.2. The van der Waals surface area contributed by atoms with Crippen molar-refractivity contribution < 1.29 is 20.8 Å². The maximum absolute atomic E-state index is 4.93. The zero-order valence-corrected chi connectivity index (χ0v) is 48.2. The van der Waals surface area contributed by atoms with Crippen LogP contribution in [0.15, 0.2) is 261 Å². The van der Waals surface area contributed by atoms with E-state index in [2.05, 4.69) is 289 Å². The van der Waals surface area contributed by atoms with Crippen molar-refractivity contribution >= 4 is 58.5 Å². The van der Waals surface area contributed by atoms with Crippen molar-refractivity contribution in [2.24, 2.45) is 0 Å². The molecular formula is C72H57Cl2SiZr-3. The van der Waals surface area contributed by atoms with Crippen LogP contribution in [0.4, 0.5) is 0 Å². The molecule has 0 unspecified atom stereocenters. The summed E-state index contributed by atoms with van der Waals surface area (Å²) in [4.78, 5) is 0. The average Bonchev–Trinajstić information content (AvgIpc) is 4.26. The van der Waals surface area contributed by atoms with Gasteiger partial charge in [0, 0.05) is 0 Å². The number of benzene rings is 10. The van der Waals surface area contributed by atoms with Gasteiger partial charge in [-0.3, -0.25) is 0 Å². The molecule has 12 aromatic rings. The number of hydrogen-bond acceptors (Lipinski definition) is 0. The predicted molar refractivity (Wildman–Crippen MR) is 327 cm³/mol. The fraction of sp³-hybridized carbons (Fsp3) is 0.0833. The SMILES string of the molecule is CC(C)c1cc2c(-c3ccccc3-c3ccccc3)c(-c3ccccc3)ccc2[cH-]1.CC(C)c1cc2c(-c3ccccc3-c3ccccc3)c(-c3ccccc3)ccc2[cH-]1.[Cl][Zr][Cl].[c-]1cccc2c1[Si]c1ccccc1-2. The van der Waals surface area contributed by atoms with Gasteiger partial charge in [0.15, 0.2) is 0 Å². The minimum atomic E-state index is -0.826. The van der Waals surface area contributed by atoms with Crippen molar-refractivity contribution in [3.8, 4) is 77.9 Å². The van der Waals surface area contributed by atoms with Gasteiger partial charge in [0.1, 0.15) is 0 Å². The minimum absolute atomic E-state index is 0.509. The molecule has 1 aliphatic heterocycles. The van der Waals surface area contributed by atoms with Crippen molar-refractivity contribution in [3.63, 3.8) is 0 Å². The summed E-state index contributed by atoms with van der Waals surface area (Å²) in [6.45, 7) is 9.07. The Morgan fingerprint density at radius 1 is 0.368 bits per heavy atom. The predicted octanol–water partition coefficient (Wildman–Crippen LogP) is 19.9. The first-order chi connectivity index (χ1) is 37.3. The molecule has 0 saturated heterocycles. The van der Waals surface area contributed by atoms with E-state index in [1.165, 1.54) is 121 Å². The summed E-state index contributed by atoms with van der Waals surface area (Å²) >= 11 is -0.826. The van der Waals surface area contributed by atoms with Crippen molar-refractivity contribution in [1.29, 1.82) is 0 Å². The van der Waals surface area contributed by atoms with Gasteiger partial charge in [-0.25, -0.2) is 0 Å². The molecule has 0 bridgehead atoms. The van der Waals surface area contributed by atoms with Gasteiger partial charge in [0.2, 0.25) is 0 Å². The van der Waals surface area contributed by atoms with Gasteiger partial charge in [0.25, 0.3) is 0 Å². The summed E-state index contributed by atoms with van der Waals surface area (Å²) in [5, 5.41) is 8.13. The molecule has 0 fully saturated rings. The number of rotatable bonds is 8. The van der Waals surface area contributed by atoms with E-state index < -0.39 is 20.8 Å². The van der Waals surface area contributed by atoms with Crippen LogP contribution in [0.3, 0.4) is 0 Å². The Morgan fingerprint density at radius 2 is 0.711 bits per heavy atom. The van der Waals surface area contributed by atoms with Gasteiger partial charge in [-0.1, -0.05) is 256 Å². The topological polar surface area (TPSA) is 0 Å². The van der Waals surface area contributed by atoms with E-state index >= 15 is 0 Å². The largest absolute Gasteiger partial charge is 0.184 e. The van der Waals surface area contributed by atoms with Crippen molar-refractivity contribution in [1.82, 2.24) is 0 Å². The van der Waals surface area contributed by atoms with E-state index in [0.29, 0.717) is 11.8 Å². The first-order valence-electron chi connectivity index (χ1n) is 26.0. The van der Waals surface area contributed by atoms with Crippen LogP contribution in [0.25, 0.3) is 99.4 Å². The molecule has 0 saturated carbocycles. The summed E-state index contributed by atoms with van der Waals surface area (Å²) in [7, 11) is 10.7. The van der Waals surface area contributed by atoms with E-state index in [-0.39, 0.29) is 0 Å². The van der Waals surface area contributed by atoms with Crippen LogP contribution in [0, 0.1) is 6.07 Å². The monoisotopic (exact) mass is 1110 g/mol. The molecule has 0 spiro atoms. The zero-order chi connectivity index (χ0) is 52.4. The van der Waals surface area contributed by atoms with Crippen LogP contribution < -0.4 is 10.4 Å². The third-order valence-corrected chi connectivity index (χ3v) is 15.6. The summed E-state index contributed by atoms with van der Waals surface area (Å²) in [6, 6.07) is 97.3. The van der Waals surface area contributed by atoms with Gasteiger partial charge in [-0.05, 0) is 67.5 Å². The molecule has 2 radical (unpaired) electrons. The molecule has 4 heteroatoms. The number of hydrogen-bond donors (Lipinski definition) is 0. The number of fused-ring (bicyclic) bond motifs is 5. The van der Waals surface area contributed by atoms with Crippen LogP contribution in [0.5, 0.6) is 0 Å². The van der Waals surface area contributed by atoms with Crippen LogP contribution in [-0.4, -0.2) is 9.52 Å². The second kappa shape index (κ2) is 24.8. The first kappa shape index (κ1) is 52.5. The first-order valence-corrected chi connectivity index (χ1v) is 33.3. The minimum Gasteiger partial charge on any atom is -0.184 e. The van der Waals surface area contributed by atoms with E-state index in [1.54, 1.807) is 0 Å². The molecule has 0 atom stereocenters. The summed E-state index contributed by atoms with van der Waals surface area (Å²) in [5.41, 5.74) is 20.9. The molecule has 0 nitrogen and oxygen atoms in total. The molecule has 0 aromatic heterocycles. The Labute approximate surface area is 470 Å². The maximum atomic E-state index is 4.93. The molecule has 76 heavy (non-hydrogen) atoms. The fourth-order valence-corrected chi connectivity index (χ4v) is 11.8. The van der Waals surface area contributed by atoms with Crippen LogP contribution in [0.1, 0.15) is 50.7 Å². The molecule has 1 aliphatic rings. The second-order valence-electron chi connectivity index (χ2n) is 19.6. The van der Waals surface area contributed by atoms with Gasteiger partial charge >= 0.3 is 37.9 Å². The zero-order valence-electron chi connectivity index (χ0n) is 43.2. The maximum Gasteiger partial charge on any atom is 0.0920 e. The van der Waals surface area contributed by atoms with E-state index in [0.717, 1.165) is 9.52 Å². The molecule has 0 amide bonds. The van der Waals surface area contributed by atoms with Crippen molar-refractivity contribution in [2.75, 3.05) is 0 Å². The molecule has 13 rings (SSSR count). The average molecular weight is 1110 g/mol. The second-order valence-corrected chi connectivity index (χ2v) is 24.6. The van der Waals surface area contributed by atoms with E-state index in [9.17, 15) is 0 Å². The quantitative estimate of drug-likeness (QED) is 0.105. The molecule has 0 aliphatic carbocycles. The van der Waals surface area contributed by atoms with E-state index in [4.69, 9.17) is 17.0 Å². The summed E-state index contributed by atoms with van der Waals surface area (Å²) in [5.74, 6) is 1.02. The molecule has 12 aromatic carbocycles. The molecular weight excluding hydrogens is 1060 g/mol. The standard InChI is InChI=1S/2C30H25.C12H7Si.2ClH.Zr/c2*1-21(2)25-19-24-17-18-27(23-13-7-4-8-14-23)30(29(24)20-25)28-16-10-9-15-26(28)22-11-5-3-6-12-22;1-3-7-11-9(5-1)10-6-2-4-8-12(10)13-11;;;/h2*3-21H,1-2H3;1-7H;2*1H;/q3*-1;;;+2/p-2. The van der Waals surface area contributed by atoms with Gasteiger partial charge < -0.3 is 0 Å². The summed E-state index contributed by atoms with van der Waals surface area (Å²) < 4.78 is 0.